The van der Waals surface area contributed by atoms with Gasteiger partial charge in [0.25, 0.3) is 0 Å². The van der Waals surface area contributed by atoms with Gasteiger partial charge in [-0.25, -0.2) is 9.59 Å². The molecule has 0 aliphatic carbocycles. The molecule has 0 unspecified atom stereocenters. The Morgan fingerprint density at radius 2 is 0.884 bits per heavy atom. The van der Waals surface area contributed by atoms with Crippen molar-refractivity contribution < 1.29 is 81.8 Å². The van der Waals surface area contributed by atoms with Gasteiger partial charge in [-0.2, -0.15) is 35.9 Å². The number of carbonyl (C=O) groups is 3. The Kier molecular flexibility index (Phi) is 29.9. The number of benzene rings is 2. The molecular weight excluding hydrogens is 1060 g/mol. The van der Waals surface area contributed by atoms with Gasteiger partial charge >= 0.3 is 57.7 Å². The summed E-state index contributed by atoms with van der Waals surface area (Å²) < 4.78 is 94.6. The molecule has 69 heavy (non-hydrogen) atoms. The number of ether oxygens (including phenoxy) is 3. The van der Waals surface area contributed by atoms with Crippen molar-refractivity contribution in [2.24, 2.45) is 5.41 Å². The molecule has 2 aromatic carbocycles. The summed E-state index contributed by atoms with van der Waals surface area (Å²) in [5.74, 6) is -0.475. The van der Waals surface area contributed by atoms with Crippen LogP contribution in [0.4, 0.5) is 35.9 Å². The van der Waals surface area contributed by atoms with Crippen LogP contribution in [0.5, 0.6) is 0 Å². The second-order valence-corrected chi connectivity index (χ2v) is 20.7. The van der Waals surface area contributed by atoms with Crippen LogP contribution in [0.1, 0.15) is 125 Å². The van der Waals surface area contributed by atoms with E-state index >= 15 is 0 Å². The van der Waals surface area contributed by atoms with E-state index in [0.717, 1.165) is 23.4 Å². The molecule has 4 rings (SSSR count). The van der Waals surface area contributed by atoms with E-state index in [1.807, 2.05) is 87.1 Å². The van der Waals surface area contributed by atoms with Crippen molar-refractivity contribution in [2.45, 2.75) is 146 Å². The van der Waals surface area contributed by atoms with E-state index in [9.17, 15) is 40.7 Å². The second kappa shape index (κ2) is 30.5. The van der Waals surface area contributed by atoms with Crippen molar-refractivity contribution in [3.05, 3.63) is 75.6 Å². The topological polar surface area (TPSA) is 126 Å². The first-order valence-corrected chi connectivity index (χ1v) is 26.9. The fourth-order valence-corrected chi connectivity index (χ4v) is 6.87. The zero-order valence-corrected chi connectivity index (χ0v) is 48.0. The maximum absolute atomic E-state index is 13.4. The van der Waals surface area contributed by atoms with Crippen LogP contribution in [0.25, 0.3) is 0 Å². The van der Waals surface area contributed by atoms with E-state index in [1.165, 1.54) is 18.2 Å². The molecule has 0 atom stereocenters. The van der Waals surface area contributed by atoms with Crippen molar-refractivity contribution in [3.8, 4) is 0 Å². The van der Waals surface area contributed by atoms with Crippen molar-refractivity contribution in [3.63, 3.8) is 0 Å². The molecule has 2 saturated heterocycles. The fraction of sp³-hybridized carbons (Fsp3) is 0.646. The van der Waals surface area contributed by atoms with Gasteiger partial charge in [0.15, 0.2) is 5.97 Å². The number of hydrogen-bond acceptors (Lipinski definition) is 10. The van der Waals surface area contributed by atoms with Crippen molar-refractivity contribution >= 4 is 49.9 Å². The van der Waals surface area contributed by atoms with E-state index in [0.29, 0.717) is 93.0 Å². The first kappa shape index (κ1) is 67.7. The third kappa shape index (κ3) is 32.2. The number of alkyl halides is 6. The predicted molar refractivity (Wildman–Crippen MR) is 253 cm³/mol. The predicted octanol–water partition coefficient (Wildman–Crippen LogP) is 12.2. The van der Waals surface area contributed by atoms with E-state index < -0.39 is 46.3 Å². The quantitative estimate of drug-likeness (QED) is 0.0939. The van der Waals surface area contributed by atoms with Crippen LogP contribution < -0.4 is 0 Å². The number of amides is 2. The van der Waals surface area contributed by atoms with Gasteiger partial charge in [0, 0.05) is 69.9 Å². The first-order chi connectivity index (χ1) is 31.4. The summed E-state index contributed by atoms with van der Waals surface area (Å²) in [6.45, 7) is 34.6. The van der Waals surface area contributed by atoms with Gasteiger partial charge in [-0.05, 0) is 121 Å². The summed E-state index contributed by atoms with van der Waals surface area (Å²) in [4.78, 5) is 58.0. The number of nitrogens with zero attached hydrogens (tertiary/aromatic N) is 4. The molecule has 2 fully saturated rings. The molecule has 0 bridgehead atoms. The normalized spacial score (nSPS) is 14.7. The zero-order valence-electron chi connectivity index (χ0n) is 42.7. The van der Waals surface area contributed by atoms with E-state index in [-0.39, 0.29) is 23.8 Å². The summed E-state index contributed by atoms with van der Waals surface area (Å²) in [6, 6.07) is 8.31. The Morgan fingerprint density at radius 1 is 0.580 bits per heavy atom. The number of carbonyl (C=O) groups excluding carboxylic acids is 5. The fourth-order valence-electron chi connectivity index (χ4n) is 6.33. The summed E-state index contributed by atoms with van der Waals surface area (Å²) in [6.07, 6.45) is -8.60. The number of rotatable bonds is 5. The Balaban J connectivity index is 0. The van der Waals surface area contributed by atoms with Crippen LogP contribution in [0.15, 0.2) is 40.9 Å². The molecule has 0 radical (unpaired) electrons. The molecule has 21 heteroatoms. The molecule has 2 amide bonds. The van der Waals surface area contributed by atoms with Gasteiger partial charge in [0.1, 0.15) is 16.8 Å². The molecule has 0 aromatic heterocycles. The van der Waals surface area contributed by atoms with Gasteiger partial charge in [-0.15, -0.1) is 0 Å². The standard InChI is InChI=1S/C22H33F3N2O2.C17H22BrF3N2O2.C6H11O2.C2H6.CO2.ClH.Zn/c1-20(2,3)14-16-11-17(13-18(12-16)22(23,24)25)15-26-7-9-27(10-8-26)19(28)29-21(4,5)6;1-16(2,3)25-15(24)23-6-4-22(5-7-23)11-12-8-13(17(19,20)21)10-14(18)9-12;1-5(7)8-6(2,3)4;1-2;2-1-3;;/h11-13H,7-10,14-15H2,1-6H3;8-10H,4-7,11H2,1-3H3;1H2,2-4H3;1-2H3;;1H;/q;;-1;;;;+2/p-1. The van der Waals surface area contributed by atoms with Crippen LogP contribution in [0.3, 0.4) is 0 Å². The third-order valence-electron chi connectivity index (χ3n) is 8.68. The average Bonchev–Trinajstić information content (AvgIpc) is 3.17. The minimum atomic E-state index is -4.37. The monoisotopic (exact) mass is 1120 g/mol. The maximum atomic E-state index is 13.4. The molecule has 2 heterocycles. The van der Waals surface area contributed by atoms with Crippen LogP contribution in [-0.2, 0) is 77.8 Å². The van der Waals surface area contributed by atoms with Crippen LogP contribution >= 0.6 is 25.6 Å². The number of piperazine rings is 2. The van der Waals surface area contributed by atoms with Gasteiger partial charge in [-0.1, -0.05) is 56.6 Å². The molecule has 2 aromatic rings. The molecule has 2 aliphatic heterocycles. The van der Waals surface area contributed by atoms with E-state index in [4.69, 9.17) is 28.8 Å². The van der Waals surface area contributed by atoms with Gasteiger partial charge in [0.05, 0.1) is 11.1 Å². The third-order valence-corrected chi connectivity index (χ3v) is 9.14. The summed E-state index contributed by atoms with van der Waals surface area (Å²) in [7, 11) is 4.76. The Morgan fingerprint density at radius 3 is 1.16 bits per heavy atom. The second-order valence-electron chi connectivity index (χ2n) is 19.8. The van der Waals surface area contributed by atoms with Crippen LogP contribution in [0.2, 0.25) is 0 Å². The Bertz CT molecular complexity index is 1890. The molecule has 0 saturated carbocycles. The van der Waals surface area contributed by atoms with Crippen molar-refractivity contribution in [1.29, 1.82) is 0 Å². The van der Waals surface area contributed by atoms with Crippen molar-refractivity contribution in [1.82, 2.24) is 19.6 Å². The number of esters is 1. The first-order valence-electron chi connectivity index (χ1n) is 22.2. The van der Waals surface area contributed by atoms with E-state index in [1.54, 1.807) is 36.6 Å². The zero-order chi connectivity index (χ0) is 54.4. The van der Waals surface area contributed by atoms with Crippen molar-refractivity contribution in [2.75, 3.05) is 52.4 Å². The molecule has 0 N–H and O–H groups in total. The molecule has 390 valence electrons. The number of hydrogen-bond donors (Lipinski definition) is 0. The Hall–Kier alpha value is -3.41. The van der Waals surface area contributed by atoms with Gasteiger partial charge < -0.3 is 24.0 Å². The molecule has 0 spiro atoms. The average molecular weight is 1130 g/mol. The van der Waals surface area contributed by atoms with Crippen LogP contribution in [0, 0.1) is 12.3 Å². The summed E-state index contributed by atoms with van der Waals surface area (Å²) in [5, 5.41) is 0. The Labute approximate surface area is 428 Å². The number of halogens is 8. The van der Waals surface area contributed by atoms with Gasteiger partial charge in [0.2, 0.25) is 0 Å². The summed E-state index contributed by atoms with van der Waals surface area (Å²) >= 11 is 3.99. The SMILES string of the molecule is CC.CC(C)(C)Cc1cc(CN2CCN(C(=O)OC(C)(C)C)CC2)cc(C(F)(F)F)c1.CC(C)(C)OC(=O)N1CCN(Cc2cc(Br)cc(C(F)(F)F)c2)CC1.O=C=O.[CH2-]C(=O)OC(C)(C)C.[Cl][Zn+]. The minimum absolute atomic E-state index is 0.0967. The summed E-state index contributed by atoms with van der Waals surface area (Å²) in [5.41, 5.74) is -0.883. The van der Waals surface area contributed by atoms with Gasteiger partial charge in [-0.3, -0.25) is 21.5 Å². The van der Waals surface area contributed by atoms with E-state index in [2.05, 4.69) is 32.5 Å². The molecular formula is C48H72BrClF6N4O8Zn. The molecule has 12 nitrogen and oxygen atoms in total. The van der Waals surface area contributed by atoms with Crippen LogP contribution in [-0.4, -0.2) is 113 Å². The molecule has 2 aliphatic rings.